The van der Waals surface area contributed by atoms with Gasteiger partial charge in [0, 0.05) is 0 Å². The second-order valence-electron chi connectivity index (χ2n) is 2.90. The first-order valence-electron chi connectivity index (χ1n) is 4.41. The summed E-state index contributed by atoms with van der Waals surface area (Å²) in [7, 11) is 1.20. The Kier molecular flexibility index (Phi) is 3.98. The first-order chi connectivity index (χ1) is 7.54. The fourth-order valence-electron chi connectivity index (χ4n) is 1.00. The lowest BCUT2D eigenvalue weighted by Crippen LogP contribution is -2.14. The molecule has 0 unspecified atom stereocenters. The number of hydrogen-bond acceptors (Lipinski definition) is 5. The number of carbonyl (C=O) groups is 1. The summed E-state index contributed by atoms with van der Waals surface area (Å²) >= 11 is 0. The minimum Gasteiger partial charge on any atom is -0.464 e. The summed E-state index contributed by atoms with van der Waals surface area (Å²) in [6, 6.07) is 2.75. The van der Waals surface area contributed by atoms with Gasteiger partial charge in [0.25, 0.3) is 6.43 Å². The van der Waals surface area contributed by atoms with E-state index in [-0.39, 0.29) is 17.2 Å². The molecule has 0 amide bonds. The number of alkyl halides is 2. The van der Waals surface area contributed by atoms with Gasteiger partial charge in [-0.25, -0.2) is 18.6 Å². The number of ether oxygens (including phenoxy) is 1. The number of methoxy groups -OCH3 is 1. The molecule has 5 nitrogen and oxygen atoms in total. The predicted molar refractivity (Wildman–Crippen MR) is 54.5 cm³/mol. The molecule has 0 atom stereocenters. The van der Waals surface area contributed by atoms with E-state index in [0.717, 1.165) is 0 Å². The van der Waals surface area contributed by atoms with Crippen LogP contribution in [-0.4, -0.2) is 31.0 Å². The van der Waals surface area contributed by atoms with Crippen LogP contribution in [0.3, 0.4) is 0 Å². The van der Waals surface area contributed by atoms with E-state index >= 15 is 0 Å². The van der Waals surface area contributed by atoms with Crippen molar-refractivity contribution in [3.05, 3.63) is 17.8 Å². The Labute approximate surface area is 90.6 Å². The smallest absolute Gasteiger partial charge is 0.356 e. The molecule has 0 aliphatic rings. The van der Waals surface area contributed by atoms with E-state index in [0.29, 0.717) is 0 Å². The Hall–Kier alpha value is -1.92. The summed E-state index contributed by atoms with van der Waals surface area (Å²) in [4.78, 5) is 14.9. The molecule has 0 fully saturated rings. The predicted octanol–water partition coefficient (Wildman–Crippen LogP) is 1.13. The van der Waals surface area contributed by atoms with Gasteiger partial charge in [0.15, 0.2) is 5.69 Å². The van der Waals surface area contributed by atoms with Crippen LogP contribution in [0, 0.1) is 0 Å². The van der Waals surface area contributed by atoms with Gasteiger partial charge in [-0.05, 0) is 12.1 Å². The molecule has 88 valence electrons. The van der Waals surface area contributed by atoms with E-state index in [4.69, 9.17) is 5.73 Å². The highest BCUT2D eigenvalue weighted by molar-refractivity contribution is 5.88. The number of carbonyl (C=O) groups excluding carboxylic acids is 1. The highest BCUT2D eigenvalue weighted by atomic mass is 19.3. The summed E-state index contributed by atoms with van der Waals surface area (Å²) < 4.78 is 28.3. The fraction of sp³-hybridized carbons (Fsp3) is 0.333. The van der Waals surface area contributed by atoms with Gasteiger partial charge in [-0.15, -0.1) is 0 Å². The quantitative estimate of drug-likeness (QED) is 0.759. The van der Waals surface area contributed by atoms with E-state index in [1.165, 1.54) is 19.2 Å². The van der Waals surface area contributed by atoms with Crippen molar-refractivity contribution < 1.29 is 18.3 Å². The Morgan fingerprint density at radius 1 is 1.62 bits per heavy atom. The molecule has 1 rings (SSSR count). The summed E-state index contributed by atoms with van der Waals surface area (Å²) in [6.07, 6.45) is -2.53. The van der Waals surface area contributed by atoms with Gasteiger partial charge >= 0.3 is 5.97 Å². The average molecular weight is 231 g/mol. The number of esters is 1. The standard InChI is InChI=1S/C9H11F2N3O2/c1-16-9(15)6-3-2-5(12)8(14-6)13-4-7(10)11/h2-3,7H,4,12H2,1H3,(H,13,14). The van der Waals surface area contributed by atoms with Crippen LogP contribution >= 0.6 is 0 Å². The molecule has 1 aromatic rings. The van der Waals surface area contributed by atoms with Gasteiger partial charge < -0.3 is 15.8 Å². The van der Waals surface area contributed by atoms with Gasteiger partial charge in [0.05, 0.1) is 19.3 Å². The monoisotopic (exact) mass is 231 g/mol. The second-order valence-corrected chi connectivity index (χ2v) is 2.90. The number of pyridine rings is 1. The van der Waals surface area contributed by atoms with Crippen molar-refractivity contribution >= 4 is 17.5 Å². The molecule has 1 heterocycles. The molecule has 0 aromatic carbocycles. The molecule has 0 spiro atoms. The lowest BCUT2D eigenvalue weighted by atomic mass is 10.3. The minimum absolute atomic E-state index is 0.00784. The van der Waals surface area contributed by atoms with Crippen LogP contribution in [0.4, 0.5) is 20.3 Å². The van der Waals surface area contributed by atoms with Crippen LogP contribution in [0.2, 0.25) is 0 Å². The van der Waals surface area contributed by atoms with Crippen molar-refractivity contribution in [2.24, 2.45) is 0 Å². The summed E-state index contributed by atoms with van der Waals surface area (Å²) in [5, 5.41) is 2.34. The van der Waals surface area contributed by atoms with Crippen LogP contribution in [0.5, 0.6) is 0 Å². The number of nitrogens with zero attached hydrogens (tertiary/aromatic N) is 1. The summed E-state index contributed by atoms with van der Waals surface area (Å²) in [6.45, 7) is -0.582. The maximum Gasteiger partial charge on any atom is 0.356 e. The number of aromatic nitrogens is 1. The zero-order valence-electron chi connectivity index (χ0n) is 8.54. The van der Waals surface area contributed by atoms with Crippen molar-refractivity contribution in [2.45, 2.75) is 6.43 Å². The maximum atomic E-state index is 12.0. The van der Waals surface area contributed by atoms with Crippen molar-refractivity contribution in [3.63, 3.8) is 0 Å². The zero-order chi connectivity index (χ0) is 12.1. The molecule has 0 saturated heterocycles. The lowest BCUT2D eigenvalue weighted by molar-refractivity contribution is 0.0594. The Morgan fingerprint density at radius 3 is 2.88 bits per heavy atom. The summed E-state index contributed by atoms with van der Waals surface area (Å²) in [5.74, 6) is -0.608. The van der Waals surface area contributed by atoms with Crippen molar-refractivity contribution in [1.82, 2.24) is 4.98 Å². The Balaban J connectivity index is 2.86. The molecule has 7 heteroatoms. The molecule has 0 aliphatic heterocycles. The van der Waals surface area contributed by atoms with Gasteiger partial charge in [-0.2, -0.15) is 0 Å². The van der Waals surface area contributed by atoms with Crippen molar-refractivity contribution in [1.29, 1.82) is 0 Å². The normalized spacial score (nSPS) is 10.2. The molecule has 0 aliphatic carbocycles. The van der Waals surface area contributed by atoms with Crippen LogP contribution < -0.4 is 11.1 Å². The fourth-order valence-corrected chi connectivity index (χ4v) is 1.00. The van der Waals surface area contributed by atoms with Crippen molar-refractivity contribution in [3.8, 4) is 0 Å². The molecule has 0 saturated carbocycles. The third-order valence-corrected chi connectivity index (χ3v) is 1.74. The van der Waals surface area contributed by atoms with Crippen LogP contribution in [-0.2, 0) is 4.74 Å². The van der Waals surface area contributed by atoms with E-state index in [1.807, 2.05) is 0 Å². The molecule has 16 heavy (non-hydrogen) atoms. The third kappa shape index (κ3) is 3.04. The van der Waals surface area contributed by atoms with Gasteiger partial charge in [0.2, 0.25) is 0 Å². The molecule has 0 bridgehead atoms. The van der Waals surface area contributed by atoms with Crippen LogP contribution in [0.1, 0.15) is 10.5 Å². The number of nitrogens with two attached hydrogens (primary N) is 1. The zero-order valence-corrected chi connectivity index (χ0v) is 8.54. The number of nitrogen functional groups attached to an aromatic ring is 1. The van der Waals surface area contributed by atoms with Gasteiger partial charge in [0.1, 0.15) is 5.82 Å². The first-order valence-corrected chi connectivity index (χ1v) is 4.41. The first kappa shape index (κ1) is 12.2. The molecule has 0 radical (unpaired) electrons. The van der Waals surface area contributed by atoms with Crippen LogP contribution in [0.25, 0.3) is 0 Å². The highest BCUT2D eigenvalue weighted by Crippen LogP contribution is 2.16. The average Bonchev–Trinajstić information content (AvgIpc) is 2.26. The van der Waals surface area contributed by atoms with E-state index in [2.05, 4.69) is 15.0 Å². The molecule has 3 N–H and O–H groups in total. The number of hydrogen-bond donors (Lipinski definition) is 2. The number of nitrogens with one attached hydrogen (secondary N) is 1. The highest BCUT2D eigenvalue weighted by Gasteiger charge is 2.11. The molecular formula is C9H11F2N3O2. The van der Waals surface area contributed by atoms with Gasteiger partial charge in [-0.1, -0.05) is 0 Å². The number of halogens is 2. The molecular weight excluding hydrogens is 220 g/mol. The maximum absolute atomic E-state index is 12.0. The molecule has 1 aromatic heterocycles. The minimum atomic E-state index is -2.53. The second kappa shape index (κ2) is 5.24. The Morgan fingerprint density at radius 2 is 2.31 bits per heavy atom. The van der Waals surface area contributed by atoms with E-state index in [1.54, 1.807) is 0 Å². The lowest BCUT2D eigenvalue weighted by Gasteiger charge is -2.08. The van der Waals surface area contributed by atoms with Crippen LogP contribution in [0.15, 0.2) is 12.1 Å². The summed E-state index contributed by atoms with van der Waals surface area (Å²) in [5.41, 5.74) is 5.69. The van der Waals surface area contributed by atoms with Crippen molar-refractivity contribution in [2.75, 3.05) is 24.7 Å². The van der Waals surface area contributed by atoms with E-state index < -0.39 is 18.9 Å². The Bertz CT molecular complexity index is 385. The largest absolute Gasteiger partial charge is 0.464 e. The SMILES string of the molecule is COC(=O)c1ccc(N)c(NCC(F)F)n1. The third-order valence-electron chi connectivity index (χ3n) is 1.74. The van der Waals surface area contributed by atoms with E-state index in [9.17, 15) is 13.6 Å². The topological polar surface area (TPSA) is 77.2 Å². The number of rotatable bonds is 4. The number of anilines is 2. The van der Waals surface area contributed by atoms with Gasteiger partial charge in [-0.3, -0.25) is 0 Å².